The number of likely N-dealkylation sites (tertiary alicyclic amines) is 1. The third-order valence-electron chi connectivity index (χ3n) is 5.45. The number of para-hydroxylation sites is 1. The van der Waals surface area contributed by atoms with E-state index in [9.17, 15) is 4.79 Å². The lowest BCUT2D eigenvalue weighted by Crippen LogP contribution is -2.33. The SMILES string of the molecule is COCCn1c(C2CCN(C(=O)COc3ccccc3C)C2)nc2ccncc21. The van der Waals surface area contributed by atoms with E-state index in [1.807, 2.05) is 48.4 Å². The summed E-state index contributed by atoms with van der Waals surface area (Å²) in [5, 5.41) is 0. The predicted octanol–water partition coefficient (Wildman–Crippen LogP) is 2.78. The molecule has 0 aliphatic carbocycles. The minimum Gasteiger partial charge on any atom is -0.484 e. The van der Waals surface area contributed by atoms with Gasteiger partial charge in [-0.25, -0.2) is 4.98 Å². The highest BCUT2D eigenvalue weighted by Crippen LogP contribution is 2.29. The maximum absolute atomic E-state index is 12.7. The number of aromatic nitrogens is 3. The second-order valence-electron chi connectivity index (χ2n) is 7.36. The van der Waals surface area contributed by atoms with Crippen LogP contribution >= 0.6 is 0 Å². The van der Waals surface area contributed by atoms with E-state index in [2.05, 4.69) is 9.55 Å². The average molecular weight is 394 g/mol. The van der Waals surface area contributed by atoms with Crippen molar-refractivity contribution >= 4 is 16.9 Å². The number of imidazole rings is 1. The van der Waals surface area contributed by atoms with Crippen LogP contribution in [0.4, 0.5) is 0 Å². The lowest BCUT2D eigenvalue weighted by atomic mass is 10.1. The van der Waals surface area contributed by atoms with Crippen LogP contribution in [0.15, 0.2) is 42.7 Å². The van der Waals surface area contributed by atoms with Gasteiger partial charge in [0.05, 0.1) is 23.8 Å². The van der Waals surface area contributed by atoms with Crippen LogP contribution in [-0.4, -0.2) is 58.8 Å². The molecule has 0 bridgehead atoms. The number of carbonyl (C=O) groups excluding carboxylic acids is 1. The van der Waals surface area contributed by atoms with Gasteiger partial charge < -0.3 is 18.9 Å². The van der Waals surface area contributed by atoms with Crippen LogP contribution in [-0.2, 0) is 16.1 Å². The van der Waals surface area contributed by atoms with E-state index in [1.165, 1.54) is 0 Å². The Kier molecular flexibility index (Phi) is 5.76. The number of ether oxygens (including phenoxy) is 2. The molecule has 0 saturated carbocycles. The van der Waals surface area contributed by atoms with E-state index in [0.29, 0.717) is 19.7 Å². The first-order chi connectivity index (χ1) is 14.2. The number of fused-ring (bicyclic) bond motifs is 1. The van der Waals surface area contributed by atoms with Crippen molar-refractivity contribution in [3.63, 3.8) is 0 Å². The lowest BCUT2D eigenvalue weighted by Gasteiger charge is -2.18. The number of amides is 1. The van der Waals surface area contributed by atoms with Gasteiger partial charge >= 0.3 is 0 Å². The molecule has 3 aromatic rings. The maximum atomic E-state index is 12.7. The molecule has 7 nitrogen and oxygen atoms in total. The molecule has 1 unspecified atom stereocenters. The van der Waals surface area contributed by atoms with Crippen molar-refractivity contribution in [1.82, 2.24) is 19.4 Å². The highest BCUT2D eigenvalue weighted by molar-refractivity contribution is 5.78. The molecule has 0 N–H and O–H groups in total. The standard InChI is InChI=1S/C22H26N4O3/c1-16-5-3-4-6-20(16)29-15-21(27)25-10-8-17(14-25)22-24-18-7-9-23-13-19(18)26(22)11-12-28-2/h3-7,9,13,17H,8,10-12,14-15H2,1-2H3. The fourth-order valence-corrected chi connectivity index (χ4v) is 3.86. The van der Waals surface area contributed by atoms with E-state index < -0.39 is 0 Å². The number of carbonyl (C=O) groups is 1. The summed E-state index contributed by atoms with van der Waals surface area (Å²) in [6, 6.07) is 9.67. The number of benzene rings is 1. The second-order valence-corrected chi connectivity index (χ2v) is 7.36. The van der Waals surface area contributed by atoms with Gasteiger partial charge in [0.15, 0.2) is 6.61 Å². The van der Waals surface area contributed by atoms with Gasteiger partial charge in [-0.3, -0.25) is 9.78 Å². The van der Waals surface area contributed by atoms with Gasteiger partial charge in [0.1, 0.15) is 11.6 Å². The summed E-state index contributed by atoms with van der Waals surface area (Å²) in [6.07, 6.45) is 4.49. The van der Waals surface area contributed by atoms with Crippen molar-refractivity contribution < 1.29 is 14.3 Å². The summed E-state index contributed by atoms with van der Waals surface area (Å²) in [7, 11) is 1.70. The zero-order chi connectivity index (χ0) is 20.2. The first-order valence-electron chi connectivity index (χ1n) is 9.92. The largest absolute Gasteiger partial charge is 0.484 e. The average Bonchev–Trinajstić information content (AvgIpc) is 3.36. The van der Waals surface area contributed by atoms with Gasteiger partial charge in [0.25, 0.3) is 5.91 Å². The Morgan fingerprint density at radius 2 is 2.14 bits per heavy atom. The molecule has 4 rings (SSSR count). The zero-order valence-corrected chi connectivity index (χ0v) is 16.9. The van der Waals surface area contributed by atoms with E-state index in [1.54, 1.807) is 13.3 Å². The first kappa shape index (κ1) is 19.4. The Morgan fingerprint density at radius 3 is 2.97 bits per heavy atom. The molecular weight excluding hydrogens is 368 g/mol. The Bertz CT molecular complexity index is 1000. The number of pyridine rings is 1. The van der Waals surface area contributed by atoms with E-state index in [4.69, 9.17) is 14.5 Å². The van der Waals surface area contributed by atoms with E-state index in [0.717, 1.165) is 41.1 Å². The van der Waals surface area contributed by atoms with E-state index >= 15 is 0 Å². The predicted molar refractivity (Wildman–Crippen MR) is 110 cm³/mol. The van der Waals surface area contributed by atoms with Crippen LogP contribution in [0.5, 0.6) is 5.75 Å². The van der Waals surface area contributed by atoms with Crippen molar-refractivity contribution in [1.29, 1.82) is 0 Å². The van der Waals surface area contributed by atoms with Crippen LogP contribution in [0.3, 0.4) is 0 Å². The second kappa shape index (κ2) is 8.61. The molecule has 7 heteroatoms. The molecule has 1 amide bonds. The van der Waals surface area contributed by atoms with Gasteiger partial charge in [0.2, 0.25) is 0 Å². The number of hydrogen-bond acceptors (Lipinski definition) is 5. The summed E-state index contributed by atoms with van der Waals surface area (Å²) >= 11 is 0. The molecule has 1 aliphatic rings. The molecular formula is C22H26N4O3. The molecule has 0 radical (unpaired) electrons. The third kappa shape index (κ3) is 4.10. The Hall–Kier alpha value is -2.93. The quantitative estimate of drug-likeness (QED) is 0.616. The van der Waals surface area contributed by atoms with Gasteiger partial charge in [-0.1, -0.05) is 18.2 Å². The smallest absolute Gasteiger partial charge is 0.260 e. The van der Waals surface area contributed by atoms with Gasteiger partial charge in [-0.15, -0.1) is 0 Å². The molecule has 29 heavy (non-hydrogen) atoms. The molecule has 1 saturated heterocycles. The first-order valence-corrected chi connectivity index (χ1v) is 9.92. The Morgan fingerprint density at radius 1 is 1.28 bits per heavy atom. The van der Waals surface area contributed by atoms with Crippen molar-refractivity contribution in [3.8, 4) is 5.75 Å². The molecule has 152 valence electrons. The Labute approximate surface area is 170 Å². The van der Waals surface area contributed by atoms with E-state index in [-0.39, 0.29) is 18.4 Å². The van der Waals surface area contributed by atoms with Crippen molar-refractivity contribution in [2.45, 2.75) is 25.8 Å². The monoisotopic (exact) mass is 394 g/mol. The fraction of sp³-hybridized carbons (Fsp3) is 0.409. The highest BCUT2D eigenvalue weighted by Gasteiger charge is 2.31. The minimum atomic E-state index is 0.0111. The zero-order valence-electron chi connectivity index (χ0n) is 16.9. The lowest BCUT2D eigenvalue weighted by molar-refractivity contribution is -0.132. The van der Waals surface area contributed by atoms with Crippen LogP contribution in [0.1, 0.15) is 23.7 Å². The summed E-state index contributed by atoms with van der Waals surface area (Å²) in [6.45, 7) is 4.72. The maximum Gasteiger partial charge on any atom is 0.260 e. The van der Waals surface area contributed by atoms with Crippen LogP contribution in [0.25, 0.3) is 11.0 Å². The molecule has 1 fully saturated rings. The highest BCUT2D eigenvalue weighted by atomic mass is 16.5. The van der Waals surface area contributed by atoms with Crippen molar-refractivity contribution in [2.75, 3.05) is 33.4 Å². The summed E-state index contributed by atoms with van der Waals surface area (Å²) in [5.41, 5.74) is 2.96. The normalized spacial score (nSPS) is 16.5. The van der Waals surface area contributed by atoms with Crippen LogP contribution in [0.2, 0.25) is 0 Å². The van der Waals surface area contributed by atoms with Gasteiger partial charge in [-0.05, 0) is 31.0 Å². The van der Waals surface area contributed by atoms with Crippen LogP contribution in [0, 0.1) is 6.92 Å². The number of aryl methyl sites for hydroxylation is 1. The third-order valence-corrected chi connectivity index (χ3v) is 5.45. The summed E-state index contributed by atoms with van der Waals surface area (Å²) < 4.78 is 13.2. The molecule has 1 aliphatic heterocycles. The summed E-state index contributed by atoms with van der Waals surface area (Å²) in [5.74, 6) is 1.96. The van der Waals surface area contributed by atoms with Crippen LogP contribution < -0.4 is 4.74 Å². The fourth-order valence-electron chi connectivity index (χ4n) is 3.86. The molecule has 1 aromatic carbocycles. The number of rotatable bonds is 7. The molecule has 2 aromatic heterocycles. The molecule has 1 atom stereocenters. The van der Waals surface area contributed by atoms with Gasteiger partial charge in [0, 0.05) is 38.9 Å². The number of nitrogens with zero attached hydrogens (tertiary/aromatic N) is 4. The van der Waals surface area contributed by atoms with Crippen molar-refractivity contribution in [2.24, 2.45) is 0 Å². The summed E-state index contributed by atoms with van der Waals surface area (Å²) in [4.78, 5) is 23.6. The topological polar surface area (TPSA) is 69.5 Å². The minimum absolute atomic E-state index is 0.0111. The molecule has 3 heterocycles. The van der Waals surface area contributed by atoms with Crippen molar-refractivity contribution in [3.05, 3.63) is 54.1 Å². The Balaban J connectivity index is 1.45. The number of methoxy groups -OCH3 is 1. The number of hydrogen-bond donors (Lipinski definition) is 0. The molecule has 0 spiro atoms. The van der Waals surface area contributed by atoms with Gasteiger partial charge in [-0.2, -0.15) is 0 Å².